The average molecular weight is 487 g/mol. The number of nitrogens with one attached hydrogen (secondary N) is 1. The highest BCUT2D eigenvalue weighted by molar-refractivity contribution is 7.93. The van der Waals surface area contributed by atoms with E-state index in [1.54, 1.807) is 18.5 Å². The molecule has 1 aromatic carbocycles. The highest BCUT2D eigenvalue weighted by Crippen LogP contribution is 2.37. The Hall–Kier alpha value is -2.91. The van der Waals surface area contributed by atoms with Gasteiger partial charge in [-0.1, -0.05) is 30.6 Å². The second kappa shape index (κ2) is 8.14. The monoisotopic (exact) mass is 486 g/mol. The highest BCUT2D eigenvalue weighted by atomic mass is 35.5. The number of halogens is 1. The summed E-state index contributed by atoms with van der Waals surface area (Å²) in [4.78, 5) is 8.99. The zero-order valence-corrected chi connectivity index (χ0v) is 20.0. The van der Waals surface area contributed by atoms with Crippen molar-refractivity contribution in [3.05, 3.63) is 41.2 Å². The van der Waals surface area contributed by atoms with Crippen molar-refractivity contribution in [3.8, 4) is 17.1 Å². The van der Waals surface area contributed by atoms with Crippen LogP contribution >= 0.6 is 11.6 Å². The number of rotatable bonds is 7. The van der Waals surface area contributed by atoms with Crippen molar-refractivity contribution in [1.82, 2.24) is 15.1 Å². The van der Waals surface area contributed by atoms with E-state index >= 15 is 0 Å². The Balaban J connectivity index is 1.58. The maximum Gasteiger partial charge on any atom is 0.236 e. The lowest BCUT2D eigenvalue weighted by molar-refractivity contribution is 0.261. The van der Waals surface area contributed by atoms with E-state index in [1.165, 1.54) is 0 Å². The summed E-state index contributed by atoms with van der Waals surface area (Å²) in [6.07, 6.45) is 4.78. The van der Waals surface area contributed by atoms with Crippen molar-refractivity contribution < 1.29 is 17.7 Å². The standard InChI is InChI=1S/C23H23ClN4O4S/c1-12(2)11-31-23-19(24)6-14(10-26-23)21-17-8-20-18(7-16(17)13(3)9-25-21)22(27-32-20)28-33(29,30)15-4-5-15/h6-10,12,15H,4-5,11H2,1-3H3,(H,27,28). The third-order valence-electron chi connectivity index (χ3n) is 5.51. The maximum absolute atomic E-state index is 12.4. The Kier molecular flexibility index (Phi) is 5.41. The van der Waals surface area contributed by atoms with E-state index in [0.29, 0.717) is 52.9 Å². The molecule has 3 aromatic heterocycles. The molecule has 10 heteroatoms. The van der Waals surface area contributed by atoms with Crippen LogP contribution in [0.15, 0.2) is 35.1 Å². The van der Waals surface area contributed by atoms with Crippen molar-refractivity contribution in [2.45, 2.75) is 38.9 Å². The van der Waals surface area contributed by atoms with Crippen LogP contribution in [0.4, 0.5) is 5.82 Å². The summed E-state index contributed by atoms with van der Waals surface area (Å²) in [7, 11) is -3.45. The lowest BCUT2D eigenvalue weighted by Crippen LogP contribution is -2.17. The number of aryl methyl sites for hydroxylation is 1. The Labute approximate surface area is 196 Å². The van der Waals surface area contributed by atoms with Gasteiger partial charge in [-0.15, -0.1) is 0 Å². The summed E-state index contributed by atoms with van der Waals surface area (Å²) >= 11 is 6.43. The van der Waals surface area contributed by atoms with Crippen LogP contribution in [0.1, 0.15) is 32.3 Å². The molecule has 3 heterocycles. The maximum atomic E-state index is 12.4. The van der Waals surface area contributed by atoms with E-state index < -0.39 is 10.0 Å². The minimum atomic E-state index is -3.45. The first-order valence-corrected chi connectivity index (χ1v) is 12.6. The number of fused-ring (bicyclic) bond motifs is 2. The molecule has 0 spiro atoms. The Morgan fingerprint density at radius 1 is 1.15 bits per heavy atom. The molecular weight excluding hydrogens is 464 g/mol. The zero-order chi connectivity index (χ0) is 23.3. The van der Waals surface area contributed by atoms with Gasteiger partial charge in [0.05, 0.1) is 22.9 Å². The number of benzene rings is 1. The van der Waals surface area contributed by atoms with Crippen LogP contribution in [0, 0.1) is 12.8 Å². The predicted molar refractivity (Wildman–Crippen MR) is 128 cm³/mol. The van der Waals surface area contributed by atoms with Crippen molar-refractivity contribution in [2.75, 3.05) is 11.3 Å². The number of aromatic nitrogens is 3. The fraction of sp³-hybridized carbons (Fsp3) is 0.348. The van der Waals surface area contributed by atoms with E-state index in [4.69, 9.17) is 20.9 Å². The molecule has 1 saturated carbocycles. The van der Waals surface area contributed by atoms with Crippen LogP contribution in [0.3, 0.4) is 0 Å². The predicted octanol–water partition coefficient (Wildman–Crippen LogP) is 5.34. The molecule has 0 radical (unpaired) electrons. The van der Waals surface area contributed by atoms with Crippen molar-refractivity contribution in [2.24, 2.45) is 5.92 Å². The number of nitrogens with zero attached hydrogens (tertiary/aromatic N) is 3. The fourth-order valence-electron chi connectivity index (χ4n) is 3.61. The molecule has 4 aromatic rings. The van der Waals surface area contributed by atoms with Gasteiger partial charge in [0.15, 0.2) is 11.4 Å². The normalized spacial score (nSPS) is 14.3. The van der Waals surface area contributed by atoms with Crippen molar-refractivity contribution in [1.29, 1.82) is 0 Å². The van der Waals surface area contributed by atoms with Gasteiger partial charge in [-0.05, 0) is 54.8 Å². The van der Waals surface area contributed by atoms with Gasteiger partial charge < -0.3 is 9.26 Å². The molecular formula is C23H23ClN4O4S. The first-order valence-electron chi connectivity index (χ1n) is 10.7. The number of anilines is 1. The largest absolute Gasteiger partial charge is 0.476 e. The molecule has 0 saturated heterocycles. The van der Waals surface area contributed by atoms with Crippen LogP contribution in [-0.2, 0) is 10.0 Å². The van der Waals surface area contributed by atoms with Crippen LogP contribution in [0.2, 0.25) is 5.02 Å². The molecule has 1 N–H and O–H groups in total. The molecule has 0 aliphatic heterocycles. The van der Waals surface area contributed by atoms with Gasteiger partial charge in [-0.3, -0.25) is 9.71 Å². The van der Waals surface area contributed by atoms with E-state index in [-0.39, 0.29) is 11.1 Å². The molecule has 0 amide bonds. The van der Waals surface area contributed by atoms with Crippen molar-refractivity contribution in [3.63, 3.8) is 0 Å². The summed E-state index contributed by atoms with van der Waals surface area (Å²) < 4.78 is 38.5. The van der Waals surface area contributed by atoms with Gasteiger partial charge in [0, 0.05) is 23.3 Å². The number of ether oxygens (including phenoxy) is 1. The molecule has 33 heavy (non-hydrogen) atoms. The number of hydrogen-bond acceptors (Lipinski definition) is 7. The zero-order valence-electron chi connectivity index (χ0n) is 18.4. The van der Waals surface area contributed by atoms with Gasteiger partial charge in [-0.2, -0.15) is 0 Å². The second-order valence-electron chi connectivity index (χ2n) is 8.78. The fourth-order valence-corrected chi connectivity index (χ4v) is 5.17. The first kappa shape index (κ1) is 21.9. The van der Waals surface area contributed by atoms with Crippen LogP contribution in [0.5, 0.6) is 5.88 Å². The van der Waals surface area contributed by atoms with E-state index in [1.807, 2.05) is 19.1 Å². The van der Waals surface area contributed by atoms with Crippen LogP contribution in [-0.4, -0.2) is 35.4 Å². The van der Waals surface area contributed by atoms with Gasteiger partial charge in [-0.25, -0.2) is 13.4 Å². The summed E-state index contributed by atoms with van der Waals surface area (Å²) in [5, 5.41) is 6.34. The van der Waals surface area contributed by atoms with E-state index in [2.05, 4.69) is 33.7 Å². The highest BCUT2D eigenvalue weighted by Gasteiger charge is 2.36. The SMILES string of the molecule is Cc1cnc(-c2cnc(OCC(C)C)c(Cl)c2)c2cc3onc(NS(=O)(=O)C4CC4)c3cc12. The Morgan fingerprint density at radius 2 is 1.94 bits per heavy atom. The van der Waals surface area contributed by atoms with Crippen LogP contribution in [0.25, 0.3) is 33.0 Å². The topological polar surface area (TPSA) is 107 Å². The lowest BCUT2D eigenvalue weighted by Gasteiger charge is -2.12. The molecule has 8 nitrogen and oxygen atoms in total. The molecule has 0 bridgehead atoms. The minimum Gasteiger partial charge on any atom is -0.476 e. The Morgan fingerprint density at radius 3 is 2.64 bits per heavy atom. The second-order valence-corrected chi connectivity index (χ2v) is 11.1. The van der Waals surface area contributed by atoms with E-state index in [9.17, 15) is 8.42 Å². The number of sulfonamides is 1. The molecule has 0 unspecified atom stereocenters. The average Bonchev–Trinajstić information content (AvgIpc) is 3.56. The first-order chi connectivity index (χ1) is 15.7. The summed E-state index contributed by atoms with van der Waals surface area (Å²) in [6, 6.07) is 5.47. The summed E-state index contributed by atoms with van der Waals surface area (Å²) in [6.45, 7) is 6.57. The summed E-state index contributed by atoms with van der Waals surface area (Å²) in [5.41, 5.74) is 2.80. The lowest BCUT2D eigenvalue weighted by atomic mass is 10.0. The number of pyridine rings is 2. The third kappa shape index (κ3) is 4.22. The van der Waals surface area contributed by atoms with Crippen molar-refractivity contribution >= 4 is 49.2 Å². The number of hydrogen-bond donors (Lipinski definition) is 1. The molecule has 5 rings (SSSR count). The minimum absolute atomic E-state index is 0.202. The molecule has 172 valence electrons. The molecule has 1 fully saturated rings. The third-order valence-corrected chi connectivity index (χ3v) is 7.61. The summed E-state index contributed by atoms with van der Waals surface area (Å²) in [5.74, 6) is 0.942. The van der Waals surface area contributed by atoms with Gasteiger partial charge in [0.1, 0.15) is 5.02 Å². The quantitative estimate of drug-likeness (QED) is 0.375. The van der Waals surface area contributed by atoms with Gasteiger partial charge >= 0.3 is 0 Å². The molecule has 1 aliphatic carbocycles. The van der Waals surface area contributed by atoms with Gasteiger partial charge in [0.25, 0.3) is 0 Å². The smallest absolute Gasteiger partial charge is 0.236 e. The Bertz CT molecular complexity index is 1480. The van der Waals surface area contributed by atoms with Crippen LogP contribution < -0.4 is 9.46 Å². The van der Waals surface area contributed by atoms with E-state index in [0.717, 1.165) is 21.9 Å². The molecule has 1 aliphatic rings. The molecule has 0 atom stereocenters. The van der Waals surface area contributed by atoms with Gasteiger partial charge in [0.2, 0.25) is 15.9 Å².